The normalized spacial score (nSPS) is 12.0. The van der Waals surface area contributed by atoms with Crippen LogP contribution in [0.15, 0.2) is 24.3 Å². The summed E-state index contributed by atoms with van der Waals surface area (Å²) in [7, 11) is 0. The van der Waals surface area contributed by atoms with Crippen molar-refractivity contribution < 1.29 is 52.2 Å². The third-order valence-electron chi connectivity index (χ3n) is 6.18. The molecule has 12 nitrogen and oxygen atoms in total. The number of hydrogen-bond acceptors (Lipinski definition) is 12. The monoisotopic (exact) mass is 631 g/mol. The number of hydrogen-bond donors (Lipinski definition) is 1. The van der Waals surface area contributed by atoms with E-state index in [2.05, 4.69) is 6.92 Å². The third-order valence-corrected chi connectivity index (χ3v) is 6.18. The van der Waals surface area contributed by atoms with Gasteiger partial charge in [0.2, 0.25) is 0 Å². The number of nitrogens with two attached hydrogens (primary N) is 1. The van der Waals surface area contributed by atoms with E-state index in [1.54, 1.807) is 12.1 Å². The zero-order chi connectivity index (χ0) is 31.8. The Kier molecular flexibility index (Phi) is 28.2. The van der Waals surface area contributed by atoms with Crippen molar-refractivity contribution in [3.05, 3.63) is 24.3 Å². The summed E-state index contributed by atoms with van der Waals surface area (Å²) < 4.78 is 54.6. The number of rotatable bonds is 33. The van der Waals surface area contributed by atoms with Crippen molar-refractivity contribution in [2.45, 2.75) is 39.5 Å². The number of esters is 1. The van der Waals surface area contributed by atoms with Crippen molar-refractivity contribution in [3.63, 3.8) is 0 Å². The second kappa shape index (κ2) is 31.0. The summed E-state index contributed by atoms with van der Waals surface area (Å²) in [6.45, 7) is 12.7. The first kappa shape index (κ1) is 40.0. The van der Waals surface area contributed by atoms with Crippen LogP contribution in [-0.4, -0.2) is 125 Å². The summed E-state index contributed by atoms with van der Waals surface area (Å²) in [5.41, 5.74) is 6.35. The van der Waals surface area contributed by atoms with Crippen molar-refractivity contribution >= 4 is 11.7 Å². The van der Waals surface area contributed by atoms with Gasteiger partial charge in [0.25, 0.3) is 0 Å². The van der Waals surface area contributed by atoms with Crippen LogP contribution in [0.1, 0.15) is 39.5 Å². The second-order valence-corrected chi connectivity index (χ2v) is 9.73. The Morgan fingerprint density at radius 1 is 0.568 bits per heavy atom. The summed E-state index contributed by atoms with van der Waals surface area (Å²) in [5, 5.41) is 0. The molecule has 1 aromatic carbocycles. The Morgan fingerprint density at radius 2 is 0.932 bits per heavy atom. The summed E-state index contributed by atoms with van der Waals surface area (Å²) >= 11 is 0. The van der Waals surface area contributed by atoms with Crippen LogP contribution in [-0.2, 0) is 47.4 Å². The van der Waals surface area contributed by atoms with Gasteiger partial charge in [-0.25, -0.2) is 0 Å². The zero-order valence-electron chi connectivity index (χ0n) is 27.0. The summed E-state index contributed by atoms with van der Waals surface area (Å²) in [4.78, 5) is 12.0. The number of ether oxygens (including phenoxy) is 10. The highest BCUT2D eigenvalue weighted by Crippen LogP contribution is 2.14. The molecule has 0 fully saturated rings. The van der Waals surface area contributed by atoms with E-state index in [1.807, 2.05) is 19.1 Å². The molecule has 0 heterocycles. The quantitative estimate of drug-likeness (QED) is 0.0691. The van der Waals surface area contributed by atoms with Crippen LogP contribution >= 0.6 is 0 Å². The van der Waals surface area contributed by atoms with Crippen molar-refractivity contribution in [1.82, 2.24) is 0 Å². The molecule has 2 N–H and O–H groups in total. The topological polar surface area (TPSA) is 135 Å². The van der Waals surface area contributed by atoms with Gasteiger partial charge in [0.15, 0.2) is 0 Å². The van der Waals surface area contributed by atoms with Crippen molar-refractivity contribution in [1.29, 1.82) is 0 Å². The van der Waals surface area contributed by atoms with E-state index < -0.39 is 0 Å². The Balaban J connectivity index is 1.68. The number of carbonyl (C=O) groups excluding carboxylic acids is 1. The van der Waals surface area contributed by atoms with Gasteiger partial charge in [0.05, 0.1) is 112 Å². The highest BCUT2D eigenvalue weighted by molar-refractivity contribution is 5.72. The van der Waals surface area contributed by atoms with E-state index in [1.165, 1.54) is 0 Å². The van der Waals surface area contributed by atoms with E-state index in [0.29, 0.717) is 118 Å². The lowest BCUT2D eigenvalue weighted by Gasteiger charge is -2.13. The molecule has 1 rings (SSSR count). The molecule has 0 radical (unpaired) electrons. The standard InChI is InChI=1S/C32H57NO11/c1-3-5-6-29(4-2)32(34)44-28-26-42-24-22-40-20-18-38-16-14-36-12-11-35-13-15-37-17-19-39-21-23-41-25-27-43-31-9-7-30(33)8-10-31/h7-10,29H,3-6,11-28,33H2,1-2H3. The molecule has 0 amide bonds. The summed E-state index contributed by atoms with van der Waals surface area (Å²) in [6.07, 6.45) is 3.84. The van der Waals surface area contributed by atoms with Crippen LogP contribution < -0.4 is 10.5 Å². The molecular formula is C32H57NO11. The predicted octanol–water partition coefficient (Wildman–Crippen LogP) is 3.54. The van der Waals surface area contributed by atoms with Crippen molar-refractivity contribution in [2.75, 3.05) is 125 Å². The smallest absolute Gasteiger partial charge is 0.308 e. The molecule has 0 bridgehead atoms. The Morgan fingerprint density at radius 3 is 1.30 bits per heavy atom. The average Bonchev–Trinajstić information content (AvgIpc) is 3.03. The second-order valence-electron chi connectivity index (χ2n) is 9.73. The number of carbonyl (C=O) groups is 1. The van der Waals surface area contributed by atoms with Gasteiger partial charge in [-0.15, -0.1) is 0 Å². The minimum atomic E-state index is -0.120. The van der Waals surface area contributed by atoms with Gasteiger partial charge in [-0.05, 0) is 37.1 Å². The number of nitrogen functional groups attached to an aromatic ring is 1. The van der Waals surface area contributed by atoms with Crippen LogP contribution in [0.4, 0.5) is 5.69 Å². The van der Waals surface area contributed by atoms with Gasteiger partial charge in [0.1, 0.15) is 19.0 Å². The lowest BCUT2D eigenvalue weighted by molar-refractivity contribution is -0.150. The van der Waals surface area contributed by atoms with Crippen LogP contribution in [0.2, 0.25) is 0 Å². The van der Waals surface area contributed by atoms with Gasteiger partial charge in [-0.2, -0.15) is 0 Å². The number of unbranched alkanes of at least 4 members (excludes halogenated alkanes) is 1. The predicted molar refractivity (Wildman–Crippen MR) is 167 cm³/mol. The summed E-state index contributed by atoms with van der Waals surface area (Å²) in [5.74, 6) is 0.648. The molecule has 0 aliphatic heterocycles. The van der Waals surface area contributed by atoms with Gasteiger partial charge >= 0.3 is 5.97 Å². The Bertz CT molecular complexity index is 754. The summed E-state index contributed by atoms with van der Waals surface area (Å²) in [6, 6.07) is 7.26. The van der Waals surface area contributed by atoms with Crippen LogP contribution in [0, 0.1) is 5.92 Å². The molecule has 1 aromatic rings. The minimum Gasteiger partial charge on any atom is -0.491 e. The first-order chi connectivity index (χ1) is 21.7. The van der Waals surface area contributed by atoms with E-state index in [4.69, 9.17) is 53.1 Å². The molecule has 44 heavy (non-hydrogen) atoms. The van der Waals surface area contributed by atoms with Gasteiger partial charge in [-0.3, -0.25) is 4.79 Å². The molecule has 0 aliphatic rings. The molecule has 0 spiro atoms. The Labute approximate surface area is 264 Å². The molecule has 12 heteroatoms. The fraction of sp³-hybridized carbons (Fsp3) is 0.781. The molecule has 0 saturated carbocycles. The molecule has 256 valence electrons. The zero-order valence-corrected chi connectivity index (χ0v) is 27.0. The molecule has 0 saturated heterocycles. The van der Waals surface area contributed by atoms with Crippen LogP contribution in [0.3, 0.4) is 0 Å². The highest BCUT2D eigenvalue weighted by atomic mass is 16.6. The highest BCUT2D eigenvalue weighted by Gasteiger charge is 2.16. The maximum atomic E-state index is 12.0. The van der Waals surface area contributed by atoms with Crippen molar-refractivity contribution in [3.8, 4) is 5.75 Å². The SMILES string of the molecule is CCCCC(CC)C(=O)OCCOCCOCCOCCOCCOCCOCCOCCOCCOc1ccc(N)cc1. The third kappa shape index (κ3) is 25.3. The number of anilines is 1. The fourth-order valence-corrected chi connectivity index (χ4v) is 3.68. The van der Waals surface area contributed by atoms with Gasteiger partial charge in [-0.1, -0.05) is 26.7 Å². The van der Waals surface area contributed by atoms with Crippen LogP contribution in [0.25, 0.3) is 0 Å². The minimum absolute atomic E-state index is 0.00273. The molecule has 1 atom stereocenters. The van der Waals surface area contributed by atoms with Crippen LogP contribution in [0.5, 0.6) is 5.75 Å². The van der Waals surface area contributed by atoms with Gasteiger partial charge < -0.3 is 53.1 Å². The molecule has 0 aromatic heterocycles. The first-order valence-corrected chi connectivity index (χ1v) is 15.9. The largest absolute Gasteiger partial charge is 0.491 e. The first-order valence-electron chi connectivity index (χ1n) is 15.9. The molecule has 0 aliphatic carbocycles. The molecule has 1 unspecified atom stereocenters. The van der Waals surface area contributed by atoms with Crippen molar-refractivity contribution in [2.24, 2.45) is 5.92 Å². The number of benzene rings is 1. The van der Waals surface area contributed by atoms with E-state index >= 15 is 0 Å². The van der Waals surface area contributed by atoms with E-state index in [9.17, 15) is 4.79 Å². The fourth-order valence-electron chi connectivity index (χ4n) is 3.68. The maximum Gasteiger partial charge on any atom is 0.308 e. The average molecular weight is 632 g/mol. The van der Waals surface area contributed by atoms with E-state index in [-0.39, 0.29) is 18.5 Å². The van der Waals surface area contributed by atoms with Gasteiger partial charge in [0, 0.05) is 5.69 Å². The molecular weight excluding hydrogens is 574 g/mol. The lowest BCUT2D eigenvalue weighted by Crippen LogP contribution is -2.20. The maximum absolute atomic E-state index is 12.0. The lowest BCUT2D eigenvalue weighted by atomic mass is 10.00. The Hall–Kier alpha value is -2.03. The van der Waals surface area contributed by atoms with E-state index in [0.717, 1.165) is 31.4 Å².